The Morgan fingerprint density at radius 1 is 1.09 bits per heavy atom. The van der Waals surface area contributed by atoms with E-state index >= 15 is 0 Å². The summed E-state index contributed by atoms with van der Waals surface area (Å²) in [5.74, 6) is 2.19. The van der Waals surface area contributed by atoms with Crippen molar-refractivity contribution in [2.75, 3.05) is 14.2 Å². The van der Waals surface area contributed by atoms with E-state index in [4.69, 9.17) is 9.47 Å². The van der Waals surface area contributed by atoms with Gasteiger partial charge in [-0.15, -0.1) is 10.3 Å². The second kappa shape index (κ2) is 6.09. The van der Waals surface area contributed by atoms with Gasteiger partial charge in [0.05, 0.1) is 14.2 Å². The molecule has 1 aromatic carbocycles. The summed E-state index contributed by atoms with van der Waals surface area (Å²) in [4.78, 5) is 0. The molecule has 1 saturated heterocycles. The summed E-state index contributed by atoms with van der Waals surface area (Å²) in [6.45, 7) is 8.15. The van der Waals surface area contributed by atoms with Crippen LogP contribution in [0.25, 0.3) is 0 Å². The van der Waals surface area contributed by atoms with Crippen molar-refractivity contribution in [3.05, 3.63) is 23.8 Å². The van der Waals surface area contributed by atoms with E-state index < -0.39 is 0 Å². The van der Waals surface area contributed by atoms with E-state index in [-0.39, 0.29) is 11.1 Å². The van der Waals surface area contributed by atoms with Crippen molar-refractivity contribution >= 4 is 0 Å². The van der Waals surface area contributed by atoms with E-state index in [0.717, 1.165) is 36.3 Å². The Balaban J connectivity index is 2.23. The molecular weight excluding hydrogens is 278 g/mol. The molecule has 123 valence electrons. The number of hydrogen-bond acceptors (Lipinski definition) is 3. The number of ether oxygens (including phenoxy) is 2. The SMILES string of the molecule is COc1ccc(OC)c(CC2CC(C)(C)N([O])C(C)(C)C2)c1. The monoisotopic (exact) mass is 306 g/mol. The van der Waals surface area contributed by atoms with Gasteiger partial charge in [-0.3, -0.25) is 0 Å². The molecule has 0 bridgehead atoms. The van der Waals surface area contributed by atoms with Crippen LogP contribution in [-0.2, 0) is 11.6 Å². The van der Waals surface area contributed by atoms with Gasteiger partial charge in [-0.25, -0.2) is 0 Å². The molecule has 1 fully saturated rings. The summed E-state index contributed by atoms with van der Waals surface area (Å²) in [7, 11) is 3.37. The van der Waals surface area contributed by atoms with Crippen LogP contribution in [0.15, 0.2) is 18.2 Å². The highest BCUT2D eigenvalue weighted by Crippen LogP contribution is 2.42. The molecule has 0 N–H and O–H groups in total. The van der Waals surface area contributed by atoms with Gasteiger partial charge in [-0.05, 0) is 76.6 Å². The Labute approximate surface area is 134 Å². The van der Waals surface area contributed by atoms with Gasteiger partial charge in [0.25, 0.3) is 0 Å². The summed E-state index contributed by atoms with van der Waals surface area (Å²) < 4.78 is 10.8. The van der Waals surface area contributed by atoms with Crippen LogP contribution in [0.5, 0.6) is 11.5 Å². The third kappa shape index (κ3) is 3.39. The van der Waals surface area contributed by atoms with Gasteiger partial charge in [0, 0.05) is 11.1 Å². The molecule has 1 heterocycles. The fraction of sp³-hybridized carbons (Fsp3) is 0.667. The predicted molar refractivity (Wildman–Crippen MR) is 86.7 cm³/mol. The Morgan fingerprint density at radius 3 is 2.18 bits per heavy atom. The Hall–Kier alpha value is -1.26. The number of piperidine rings is 1. The molecule has 0 saturated carbocycles. The van der Waals surface area contributed by atoms with Gasteiger partial charge in [0.2, 0.25) is 0 Å². The molecule has 0 amide bonds. The summed E-state index contributed by atoms with van der Waals surface area (Å²) in [5, 5.41) is 13.7. The van der Waals surface area contributed by atoms with E-state index in [1.54, 1.807) is 14.2 Å². The third-order valence-electron chi connectivity index (χ3n) is 4.67. The Kier molecular flexibility index (Phi) is 4.73. The normalized spacial score (nSPS) is 21.6. The van der Waals surface area contributed by atoms with Crippen LogP contribution < -0.4 is 9.47 Å². The molecule has 0 spiro atoms. The van der Waals surface area contributed by atoms with Gasteiger partial charge in [-0.1, -0.05) is 0 Å². The smallest absolute Gasteiger partial charge is 0.122 e. The van der Waals surface area contributed by atoms with Crippen LogP contribution >= 0.6 is 0 Å². The van der Waals surface area contributed by atoms with E-state index in [9.17, 15) is 5.21 Å². The van der Waals surface area contributed by atoms with Gasteiger partial charge < -0.3 is 9.47 Å². The molecule has 2 rings (SSSR count). The number of hydrogen-bond donors (Lipinski definition) is 0. The van der Waals surface area contributed by atoms with Crippen molar-refractivity contribution in [1.82, 2.24) is 5.06 Å². The third-order valence-corrected chi connectivity index (χ3v) is 4.67. The highest BCUT2D eigenvalue weighted by molar-refractivity contribution is 5.40. The highest BCUT2D eigenvalue weighted by Gasteiger charge is 2.46. The quantitative estimate of drug-likeness (QED) is 0.848. The molecule has 4 nitrogen and oxygen atoms in total. The highest BCUT2D eigenvalue weighted by atomic mass is 16.5. The number of hydroxylamine groups is 2. The average Bonchev–Trinajstić information content (AvgIpc) is 2.44. The standard InChI is InChI=1S/C18H28NO3/c1-17(2)11-13(12-18(3,4)19(17)20)9-14-10-15(21-5)7-8-16(14)22-6/h7-8,10,13H,9,11-12H2,1-6H3. The van der Waals surface area contributed by atoms with Crippen LogP contribution in [-0.4, -0.2) is 30.4 Å². The van der Waals surface area contributed by atoms with Crippen LogP contribution in [0.1, 0.15) is 46.1 Å². The minimum atomic E-state index is -0.335. The van der Waals surface area contributed by atoms with Gasteiger partial charge in [0.15, 0.2) is 0 Å². The molecule has 0 unspecified atom stereocenters. The van der Waals surface area contributed by atoms with Crippen molar-refractivity contribution in [2.45, 2.75) is 58.0 Å². The lowest BCUT2D eigenvalue weighted by Crippen LogP contribution is -2.58. The first kappa shape index (κ1) is 17.1. The molecule has 0 aliphatic carbocycles. The summed E-state index contributed by atoms with van der Waals surface area (Å²) >= 11 is 0. The van der Waals surface area contributed by atoms with Crippen LogP contribution in [0.2, 0.25) is 0 Å². The summed E-state index contributed by atoms with van der Waals surface area (Å²) in [6.07, 6.45) is 2.68. The number of nitrogens with zero attached hydrogens (tertiary/aromatic N) is 1. The first-order valence-corrected chi connectivity index (χ1v) is 7.88. The van der Waals surface area contributed by atoms with Crippen molar-refractivity contribution < 1.29 is 14.7 Å². The Bertz CT molecular complexity index is 507. The first-order valence-electron chi connectivity index (χ1n) is 7.88. The largest absolute Gasteiger partial charge is 0.497 e. The maximum Gasteiger partial charge on any atom is 0.122 e. The van der Waals surface area contributed by atoms with E-state index in [0.29, 0.717) is 5.92 Å². The molecular formula is C18H28NO3. The topological polar surface area (TPSA) is 41.6 Å². The van der Waals surface area contributed by atoms with Crippen LogP contribution in [0.3, 0.4) is 0 Å². The van der Waals surface area contributed by atoms with Crippen LogP contribution in [0.4, 0.5) is 0 Å². The molecule has 1 aliphatic heterocycles. The second-order valence-electron chi connectivity index (χ2n) is 7.58. The van der Waals surface area contributed by atoms with E-state index in [2.05, 4.69) is 0 Å². The minimum absolute atomic E-state index is 0.335. The predicted octanol–water partition coefficient (Wildman–Crippen LogP) is 3.86. The molecule has 0 aromatic heterocycles. The van der Waals surface area contributed by atoms with Gasteiger partial charge in [-0.2, -0.15) is 0 Å². The fourth-order valence-corrected chi connectivity index (χ4v) is 3.97. The second-order valence-corrected chi connectivity index (χ2v) is 7.58. The van der Waals surface area contributed by atoms with Crippen molar-refractivity contribution in [3.63, 3.8) is 0 Å². The molecule has 4 heteroatoms. The zero-order valence-corrected chi connectivity index (χ0v) is 14.6. The zero-order valence-electron chi connectivity index (χ0n) is 14.6. The van der Waals surface area contributed by atoms with Crippen LogP contribution in [0, 0.1) is 5.92 Å². The van der Waals surface area contributed by atoms with Crippen molar-refractivity contribution in [2.24, 2.45) is 5.92 Å². The molecule has 22 heavy (non-hydrogen) atoms. The Morgan fingerprint density at radius 2 is 1.68 bits per heavy atom. The summed E-state index contributed by atoms with van der Waals surface area (Å²) in [6, 6.07) is 5.91. The zero-order chi connectivity index (χ0) is 16.5. The maximum atomic E-state index is 12.5. The lowest BCUT2D eigenvalue weighted by atomic mass is 9.73. The van der Waals surface area contributed by atoms with E-state index in [1.165, 1.54) is 5.06 Å². The number of rotatable bonds is 4. The number of benzene rings is 1. The molecule has 1 aliphatic rings. The lowest BCUT2D eigenvalue weighted by molar-refractivity contribution is -0.294. The minimum Gasteiger partial charge on any atom is -0.497 e. The van der Waals surface area contributed by atoms with Gasteiger partial charge in [0.1, 0.15) is 11.5 Å². The van der Waals surface area contributed by atoms with Crippen molar-refractivity contribution in [3.8, 4) is 11.5 Å². The average molecular weight is 306 g/mol. The number of methoxy groups -OCH3 is 2. The fourth-order valence-electron chi connectivity index (χ4n) is 3.97. The summed E-state index contributed by atoms with van der Waals surface area (Å²) in [5.41, 5.74) is 0.481. The molecule has 0 atom stereocenters. The lowest BCUT2D eigenvalue weighted by Gasteiger charge is -2.50. The molecule has 1 radical (unpaired) electrons. The molecule has 1 aromatic rings. The maximum absolute atomic E-state index is 12.5. The first-order chi connectivity index (χ1) is 10.2. The van der Waals surface area contributed by atoms with Crippen molar-refractivity contribution in [1.29, 1.82) is 0 Å². The van der Waals surface area contributed by atoms with Gasteiger partial charge >= 0.3 is 0 Å². The van der Waals surface area contributed by atoms with E-state index in [1.807, 2.05) is 45.9 Å².